The zero-order chi connectivity index (χ0) is 0. The van der Waals surface area contributed by atoms with E-state index in [1.807, 2.05) is 0 Å². The van der Waals surface area contributed by atoms with Crippen molar-refractivity contribution in [2.24, 2.45) is 0 Å². The van der Waals surface area contributed by atoms with Gasteiger partial charge in [-0.1, -0.05) is 0 Å². The van der Waals surface area contributed by atoms with Gasteiger partial charge in [-0.05, 0) is 0 Å². The molecule has 0 fully saturated rings. The first-order valence-corrected chi connectivity index (χ1v) is 0. The Kier molecular flexibility index (Phi) is 343. The maximum absolute atomic E-state index is 0. The van der Waals surface area contributed by atoms with Gasteiger partial charge in [-0.15, -0.1) is 0 Å². The van der Waals surface area contributed by atoms with E-state index in [9.17, 15) is 0 Å². The van der Waals surface area contributed by atoms with Gasteiger partial charge in [0.05, 0.1) is 0 Å². The smallest absolute Gasteiger partial charge is 1.00 e. The largest absolute Gasteiger partial charge is 2.00 e. The molecule has 0 aliphatic rings. The molecule has 1 N–H and O–H groups in total. The first-order chi connectivity index (χ1) is 0. The summed E-state index contributed by atoms with van der Waals surface area (Å²) in [6.07, 6.45) is 0. The fourth-order valence-electron chi connectivity index (χ4n) is 0. The Balaban J connectivity index is 0. The van der Waals surface area contributed by atoms with Gasteiger partial charge >= 0.3 is 19.5 Å². The first kappa shape index (κ1) is 53.1. The maximum atomic E-state index is 0. The minimum atomic E-state index is 0. The van der Waals surface area contributed by atoms with Gasteiger partial charge in [-0.2, -0.15) is 0 Å². The molecule has 0 amide bonds. The fraction of sp³-hybridized carbons (Fsp3) is 0. The Labute approximate surface area is 54.8 Å². The molecule has 4 heavy (non-hydrogen) atoms. The van der Waals surface area contributed by atoms with E-state index in [-0.39, 0.29) is 54.7 Å². The van der Waals surface area contributed by atoms with E-state index in [1.165, 1.54) is 0 Å². The normalized spacial score (nSPS) is 0. The second kappa shape index (κ2) is 25.9. The van der Waals surface area contributed by atoms with Gasteiger partial charge in [-0.3, -0.25) is 0 Å². The summed E-state index contributed by atoms with van der Waals surface area (Å²) < 4.78 is 0. The van der Waals surface area contributed by atoms with Crippen molar-refractivity contribution in [1.82, 2.24) is 0 Å². The Morgan fingerprint density at radius 2 is 1.00 bits per heavy atom. The molecule has 0 aliphatic heterocycles. The summed E-state index contributed by atoms with van der Waals surface area (Å²) >= 11 is 0. The van der Waals surface area contributed by atoms with Crippen molar-refractivity contribution >= 4 is 17.4 Å². The zero-order valence-corrected chi connectivity index (χ0v) is 6.99. The predicted octanol–water partition coefficient (Wildman–Crippen LogP) is -3.56. The summed E-state index contributed by atoms with van der Waals surface area (Å²) in [5.41, 5.74) is 0. The number of rotatable bonds is 0. The van der Waals surface area contributed by atoms with E-state index in [4.69, 9.17) is 0 Å². The average molecular weight is 145 g/mol. The topological polar surface area (TPSA) is 30.0 Å². The predicted molar refractivity (Wildman–Crippen MR) is 7.69 cm³/mol. The standard InChI is InChI=1S/Al.ClH.H2O.Zn/h;1H;1H2;/q;;;+2/p-2. The molecule has 1 nitrogen and oxygen atoms in total. The van der Waals surface area contributed by atoms with E-state index in [0.717, 1.165) is 0 Å². The van der Waals surface area contributed by atoms with Crippen molar-refractivity contribution < 1.29 is 37.4 Å². The van der Waals surface area contributed by atoms with Crippen LogP contribution in [0.3, 0.4) is 0 Å². The number of halogens is 1. The summed E-state index contributed by atoms with van der Waals surface area (Å²) in [6, 6.07) is 0. The minimum Gasteiger partial charge on any atom is -1.00 e. The van der Waals surface area contributed by atoms with Crippen molar-refractivity contribution in [3.8, 4) is 0 Å². The molecule has 0 spiro atoms. The van der Waals surface area contributed by atoms with E-state index in [1.54, 1.807) is 0 Å². The first-order valence-electron chi connectivity index (χ1n) is 0. The second-order valence-electron chi connectivity index (χ2n) is 0. The molecule has 0 rings (SSSR count). The Morgan fingerprint density at radius 1 is 1.00 bits per heavy atom. The summed E-state index contributed by atoms with van der Waals surface area (Å²) in [5.74, 6) is 0. The maximum Gasteiger partial charge on any atom is 2.00 e. The third kappa shape index (κ3) is 9.97. The SMILES string of the molecule is [Al].[Cl-].[OH-].[Zn+2]. The van der Waals surface area contributed by atoms with Gasteiger partial charge in [-0.25, -0.2) is 0 Å². The molecule has 4 heteroatoms. The van der Waals surface area contributed by atoms with Gasteiger partial charge in [0.2, 0.25) is 0 Å². The summed E-state index contributed by atoms with van der Waals surface area (Å²) in [4.78, 5) is 0. The molecular weight excluding hydrogens is 144 g/mol. The molecule has 3 radical (unpaired) electrons. The van der Waals surface area contributed by atoms with Gasteiger partial charge < -0.3 is 17.9 Å². The van der Waals surface area contributed by atoms with Crippen molar-refractivity contribution in [3.63, 3.8) is 0 Å². The van der Waals surface area contributed by atoms with E-state index in [2.05, 4.69) is 0 Å². The number of hydrogen-bond donors (Lipinski definition) is 0. The summed E-state index contributed by atoms with van der Waals surface area (Å²) in [5, 5.41) is 0. The van der Waals surface area contributed by atoms with Crippen LogP contribution < -0.4 is 12.4 Å². The second-order valence-corrected chi connectivity index (χ2v) is 0. The van der Waals surface area contributed by atoms with Crippen LogP contribution in [0.1, 0.15) is 0 Å². The van der Waals surface area contributed by atoms with Crippen LogP contribution >= 0.6 is 0 Å². The van der Waals surface area contributed by atoms with Gasteiger partial charge in [0, 0.05) is 17.4 Å². The van der Waals surface area contributed by atoms with Gasteiger partial charge in [0.15, 0.2) is 0 Å². The molecule has 0 saturated heterocycles. The fourth-order valence-corrected chi connectivity index (χ4v) is 0. The molecule has 0 atom stereocenters. The third-order valence-corrected chi connectivity index (χ3v) is 0. The van der Waals surface area contributed by atoms with Crippen LogP contribution in [0.4, 0.5) is 0 Å². The quantitative estimate of drug-likeness (QED) is 0.324. The van der Waals surface area contributed by atoms with Gasteiger partial charge in [0.1, 0.15) is 0 Å². The van der Waals surface area contributed by atoms with Crippen LogP contribution in [0.2, 0.25) is 0 Å². The van der Waals surface area contributed by atoms with Crippen LogP contribution in [0, 0.1) is 0 Å². The minimum absolute atomic E-state index is 0. The van der Waals surface area contributed by atoms with E-state index >= 15 is 0 Å². The molecule has 0 aromatic heterocycles. The van der Waals surface area contributed by atoms with Crippen LogP contribution in [-0.2, 0) is 19.5 Å². The third-order valence-electron chi connectivity index (χ3n) is 0. The molecule has 0 aromatic rings. The molecule has 0 heterocycles. The molecule has 0 aromatic carbocycles. The molecule has 19 valence electrons. The van der Waals surface area contributed by atoms with Crippen molar-refractivity contribution in [1.29, 1.82) is 0 Å². The number of hydrogen-bond acceptors (Lipinski definition) is 1. The Hall–Kier alpha value is 1.41. The van der Waals surface area contributed by atoms with Crippen LogP contribution in [0.15, 0.2) is 0 Å². The van der Waals surface area contributed by atoms with E-state index < -0.39 is 0 Å². The van der Waals surface area contributed by atoms with Crippen molar-refractivity contribution in [2.75, 3.05) is 0 Å². The van der Waals surface area contributed by atoms with Crippen LogP contribution in [0.5, 0.6) is 0 Å². The molecule has 0 saturated carbocycles. The zero-order valence-electron chi connectivity index (χ0n) is 2.11. The Bertz CT molecular complexity index is 8.00. The average Bonchev–Trinajstić information content (AvgIpc) is 0. The summed E-state index contributed by atoms with van der Waals surface area (Å²) in [7, 11) is 0. The van der Waals surface area contributed by atoms with E-state index in [0.29, 0.717) is 0 Å². The molecule has 0 bridgehead atoms. The molecular formula is HAlClOZn. The van der Waals surface area contributed by atoms with Crippen LogP contribution in [-0.4, -0.2) is 22.8 Å². The Morgan fingerprint density at radius 3 is 1.00 bits per heavy atom. The van der Waals surface area contributed by atoms with Gasteiger partial charge in [0.25, 0.3) is 0 Å². The monoisotopic (exact) mass is 143 g/mol. The molecule has 0 unspecified atom stereocenters. The molecule has 0 aliphatic carbocycles. The van der Waals surface area contributed by atoms with Crippen LogP contribution in [0.25, 0.3) is 0 Å². The van der Waals surface area contributed by atoms with Crippen molar-refractivity contribution in [2.45, 2.75) is 0 Å². The summed E-state index contributed by atoms with van der Waals surface area (Å²) in [6.45, 7) is 0. The van der Waals surface area contributed by atoms with Crippen molar-refractivity contribution in [3.05, 3.63) is 0 Å².